The molecule has 0 spiro atoms. The number of amides is 1. The molecule has 1 aromatic carbocycles. The summed E-state index contributed by atoms with van der Waals surface area (Å²) in [6.07, 6.45) is 1.08. The van der Waals surface area contributed by atoms with Gasteiger partial charge in [0.05, 0.1) is 29.9 Å². The van der Waals surface area contributed by atoms with Gasteiger partial charge in [-0.3, -0.25) is 4.79 Å². The highest BCUT2D eigenvalue weighted by atomic mass is 16.6. The maximum absolute atomic E-state index is 13.7. The second-order valence-electron chi connectivity index (χ2n) is 16.1. The van der Waals surface area contributed by atoms with E-state index in [2.05, 4.69) is 52.6 Å². The van der Waals surface area contributed by atoms with E-state index in [1.807, 2.05) is 19.2 Å². The van der Waals surface area contributed by atoms with Crippen LogP contribution >= 0.6 is 0 Å². The van der Waals surface area contributed by atoms with E-state index in [0.717, 1.165) is 35.4 Å². The molecule has 4 saturated heterocycles. The summed E-state index contributed by atoms with van der Waals surface area (Å²) in [6, 6.07) is 12.7. The number of nitrogens with zero attached hydrogens (tertiary/aromatic N) is 7. The molecular weight excluding hydrogens is 668 g/mol. The summed E-state index contributed by atoms with van der Waals surface area (Å²) in [7, 11) is 0. The molecule has 2 bridgehead atoms. The largest absolute Gasteiger partial charge is 0.479 e. The van der Waals surface area contributed by atoms with Crippen molar-refractivity contribution < 1.29 is 33.7 Å². The van der Waals surface area contributed by atoms with E-state index in [9.17, 15) is 19.5 Å². The van der Waals surface area contributed by atoms with Crippen LogP contribution in [0, 0.1) is 13.8 Å². The van der Waals surface area contributed by atoms with Gasteiger partial charge < -0.3 is 29.5 Å². The van der Waals surface area contributed by atoms with E-state index in [-0.39, 0.29) is 37.1 Å². The van der Waals surface area contributed by atoms with E-state index in [0.29, 0.717) is 17.3 Å². The number of carbonyl (C=O) groups excluding carboxylic acids is 2. The van der Waals surface area contributed by atoms with Crippen LogP contribution in [0.1, 0.15) is 87.9 Å². The molecule has 5 aliphatic rings. The Hall–Kier alpha value is -4.89. The normalized spacial score (nSPS) is 29.7. The topological polar surface area (TPSA) is 175 Å². The minimum atomic E-state index is -1.16. The Morgan fingerprint density at radius 2 is 1.81 bits per heavy atom. The lowest BCUT2D eigenvalue weighted by Crippen LogP contribution is -2.66. The van der Waals surface area contributed by atoms with Crippen LogP contribution in [-0.4, -0.2) is 95.5 Å². The third-order valence-electron chi connectivity index (χ3n) is 11.0. The number of benzene rings is 1. The average Bonchev–Trinajstić information content (AvgIpc) is 3.92. The summed E-state index contributed by atoms with van der Waals surface area (Å²) < 4.78 is 20.8. The molecule has 3 aromatic heterocycles. The number of carboxylic acids is 1. The number of aryl methyl sites for hydroxylation is 2. The summed E-state index contributed by atoms with van der Waals surface area (Å²) >= 11 is 0. The van der Waals surface area contributed by atoms with Crippen molar-refractivity contribution in [2.45, 2.75) is 108 Å². The van der Waals surface area contributed by atoms with Gasteiger partial charge in [0.2, 0.25) is 5.91 Å². The highest BCUT2D eigenvalue weighted by Gasteiger charge is 2.76. The number of hydrogen-bond donors (Lipinski definition) is 2. The van der Waals surface area contributed by atoms with Crippen LogP contribution < -0.4 is 10.2 Å². The second-order valence-corrected chi connectivity index (χ2v) is 16.1. The number of fused-ring (bicyclic) bond motifs is 2. The fraction of sp³-hybridized carbons (Fsp3) is 0.541. The number of rotatable bonds is 7. The molecule has 4 aliphatic heterocycles. The number of ether oxygens (including phenoxy) is 3. The van der Waals surface area contributed by atoms with Crippen molar-refractivity contribution in [2.24, 2.45) is 0 Å². The molecule has 4 aromatic rings. The second kappa shape index (κ2) is 11.8. The first kappa shape index (κ1) is 34.2. The number of hydrogen-bond acceptors (Lipinski definition) is 11. The molecule has 1 aliphatic carbocycles. The fourth-order valence-electron chi connectivity index (χ4n) is 8.53. The number of anilines is 1. The van der Waals surface area contributed by atoms with E-state index < -0.39 is 52.8 Å². The SMILES string of the molecule is Cc1nc(C2C3(NC(=O)C4CCC(C(=O)O)O4)COC2(c2nc4c(C)cc(N5CC[C@](C)(c6ccccc6)C5)cn4n2)C3)n(C(=O)OC(C)(C)C)n1. The maximum Gasteiger partial charge on any atom is 0.437 e. The van der Waals surface area contributed by atoms with E-state index >= 15 is 0 Å². The molecule has 0 radical (unpaired) electrons. The Kier molecular flexibility index (Phi) is 7.77. The monoisotopic (exact) mass is 712 g/mol. The van der Waals surface area contributed by atoms with Crippen molar-refractivity contribution in [3.8, 4) is 0 Å². The van der Waals surface area contributed by atoms with Gasteiger partial charge in [-0.25, -0.2) is 24.1 Å². The fourth-order valence-corrected chi connectivity index (χ4v) is 8.53. The molecule has 2 N–H and O–H groups in total. The van der Waals surface area contributed by atoms with Crippen LogP contribution in [0.3, 0.4) is 0 Å². The first-order valence-corrected chi connectivity index (χ1v) is 17.8. The van der Waals surface area contributed by atoms with E-state index in [1.165, 1.54) is 5.56 Å². The van der Waals surface area contributed by atoms with Gasteiger partial charge in [0.1, 0.15) is 29.0 Å². The predicted octanol–water partition coefficient (Wildman–Crippen LogP) is 3.79. The molecule has 7 heterocycles. The summed E-state index contributed by atoms with van der Waals surface area (Å²) in [6.45, 7) is 13.1. The number of aromatic nitrogens is 6. The van der Waals surface area contributed by atoms with Gasteiger partial charge >= 0.3 is 12.1 Å². The third kappa shape index (κ3) is 5.52. The van der Waals surface area contributed by atoms with E-state index in [4.69, 9.17) is 29.3 Å². The first-order chi connectivity index (χ1) is 24.6. The Morgan fingerprint density at radius 3 is 2.52 bits per heavy atom. The minimum absolute atomic E-state index is 0.0154. The molecule has 15 heteroatoms. The van der Waals surface area contributed by atoms with Crippen LogP contribution in [-0.2, 0) is 34.8 Å². The van der Waals surface area contributed by atoms with Crippen molar-refractivity contribution >= 4 is 29.3 Å². The average molecular weight is 713 g/mol. The van der Waals surface area contributed by atoms with Crippen LogP contribution in [0.15, 0.2) is 42.6 Å². The minimum Gasteiger partial charge on any atom is -0.479 e. The van der Waals surface area contributed by atoms with Gasteiger partial charge in [0.15, 0.2) is 17.6 Å². The zero-order valence-electron chi connectivity index (χ0n) is 30.3. The van der Waals surface area contributed by atoms with Crippen LogP contribution in [0.2, 0.25) is 0 Å². The molecule has 9 rings (SSSR count). The molecule has 1 amide bonds. The maximum atomic E-state index is 13.7. The predicted molar refractivity (Wildman–Crippen MR) is 186 cm³/mol. The standard InChI is InChI=1S/C37H44N8O7/c1-21-16-24(43-15-14-35(6,19-43)23-10-8-7-9-11-23)17-44-28(21)39-32(42-44)37-18-36(20-50-37,40-30(46)25-12-13-26(51-25)31(47)48)27(37)29-38-22(2)41-45(29)33(49)52-34(3,4)5/h7-11,16-17,25-27H,12-15,18-20H2,1-6H3,(H,40,46)(H,47,48)/t25?,26?,27?,35-,36?,37?/m0/s1. The number of pyridine rings is 1. The smallest absolute Gasteiger partial charge is 0.437 e. The highest BCUT2D eigenvalue weighted by molar-refractivity contribution is 5.84. The van der Waals surface area contributed by atoms with E-state index in [1.54, 1.807) is 32.2 Å². The van der Waals surface area contributed by atoms with Gasteiger partial charge in [-0.05, 0) is 71.1 Å². The summed E-state index contributed by atoms with van der Waals surface area (Å²) in [5, 5.41) is 22.0. The Bertz CT molecular complexity index is 2090. The summed E-state index contributed by atoms with van der Waals surface area (Å²) in [4.78, 5) is 50.8. The third-order valence-corrected chi connectivity index (χ3v) is 11.0. The lowest BCUT2D eigenvalue weighted by atomic mass is 9.57. The summed E-state index contributed by atoms with van der Waals surface area (Å²) in [5.74, 6) is -1.31. The molecular formula is C37H44N8O7. The lowest BCUT2D eigenvalue weighted by molar-refractivity contribution is -0.152. The lowest BCUT2D eigenvalue weighted by Gasteiger charge is -2.50. The zero-order chi connectivity index (χ0) is 36.8. The Labute approximate surface area is 300 Å². The van der Waals surface area contributed by atoms with Crippen LogP contribution in [0.25, 0.3) is 5.65 Å². The van der Waals surface area contributed by atoms with Crippen LogP contribution in [0.5, 0.6) is 0 Å². The number of carboxylic acid groups (broad SMARTS) is 1. The Morgan fingerprint density at radius 1 is 1.06 bits per heavy atom. The highest BCUT2D eigenvalue weighted by Crippen LogP contribution is 2.65. The quantitative estimate of drug-likeness (QED) is 0.284. The Balaban J connectivity index is 1.15. The van der Waals surface area contributed by atoms with Crippen molar-refractivity contribution in [1.29, 1.82) is 0 Å². The molecule has 52 heavy (non-hydrogen) atoms. The van der Waals surface area contributed by atoms with Crippen molar-refractivity contribution in [2.75, 3.05) is 24.6 Å². The van der Waals surface area contributed by atoms with Crippen molar-refractivity contribution in [1.82, 2.24) is 34.7 Å². The molecule has 6 atom stereocenters. The van der Waals surface area contributed by atoms with Gasteiger partial charge in [-0.2, -0.15) is 0 Å². The number of nitrogens with one attached hydrogen (secondary N) is 1. The van der Waals surface area contributed by atoms with Gasteiger partial charge in [0.25, 0.3) is 0 Å². The van der Waals surface area contributed by atoms with Gasteiger partial charge in [0, 0.05) is 24.9 Å². The molecule has 5 unspecified atom stereocenters. The van der Waals surface area contributed by atoms with Crippen LogP contribution in [0.4, 0.5) is 10.5 Å². The molecule has 274 valence electrons. The molecule has 15 nitrogen and oxygen atoms in total. The summed E-state index contributed by atoms with van der Waals surface area (Å²) in [5.41, 5.74) is 0.973. The van der Waals surface area contributed by atoms with Crippen molar-refractivity contribution in [3.05, 3.63) is 71.2 Å². The van der Waals surface area contributed by atoms with Gasteiger partial charge in [-0.1, -0.05) is 37.3 Å². The molecule has 5 fully saturated rings. The van der Waals surface area contributed by atoms with Crippen molar-refractivity contribution in [3.63, 3.8) is 0 Å². The first-order valence-electron chi connectivity index (χ1n) is 17.8. The van der Waals surface area contributed by atoms with Gasteiger partial charge in [-0.15, -0.1) is 14.9 Å². The number of carbonyl (C=O) groups is 3. The zero-order valence-corrected chi connectivity index (χ0v) is 30.3. The number of aliphatic carboxylic acids is 1. The molecule has 1 saturated carbocycles.